The maximum absolute atomic E-state index is 13.2. The first-order valence-corrected chi connectivity index (χ1v) is 10.3. The van der Waals surface area contributed by atoms with E-state index in [1.807, 2.05) is 0 Å². The Labute approximate surface area is 170 Å². The van der Waals surface area contributed by atoms with E-state index in [-0.39, 0.29) is 17.0 Å². The van der Waals surface area contributed by atoms with Crippen molar-refractivity contribution in [2.75, 3.05) is 17.4 Å². The van der Waals surface area contributed by atoms with Gasteiger partial charge in [-0.2, -0.15) is 13.2 Å². The van der Waals surface area contributed by atoms with Crippen molar-refractivity contribution in [2.24, 2.45) is 11.7 Å². The average molecular weight is 441 g/mol. The molecular weight excluding hydrogens is 423 g/mol. The number of nitrogens with one attached hydrogen (secondary N) is 1. The van der Waals surface area contributed by atoms with Crippen LogP contribution in [0, 0.1) is 5.92 Å². The predicted molar refractivity (Wildman–Crippen MR) is 102 cm³/mol. The summed E-state index contributed by atoms with van der Waals surface area (Å²) in [5, 5.41) is 1.72. The molecule has 1 aliphatic heterocycles. The molecule has 0 bridgehead atoms. The fourth-order valence-electron chi connectivity index (χ4n) is 3.16. The standard InChI is InChI=1S/C19H18F3N3O4S/c20-19(21,22)11-24-18(27)12-5-7-15(8-6-12)30(28,29)25-10-14(17(23)26)9-13-3-1-2-4-16(13)25/h1-8,14H,9-11H2,(H2,23,26)(H,24,27). The lowest BCUT2D eigenvalue weighted by molar-refractivity contribution is -0.123. The molecule has 0 aliphatic carbocycles. The van der Waals surface area contributed by atoms with Crippen molar-refractivity contribution in [2.45, 2.75) is 17.5 Å². The Morgan fingerprint density at radius 1 is 1.10 bits per heavy atom. The Balaban J connectivity index is 1.88. The molecule has 2 aromatic carbocycles. The molecule has 160 valence electrons. The largest absolute Gasteiger partial charge is 0.405 e. The molecule has 1 heterocycles. The summed E-state index contributed by atoms with van der Waals surface area (Å²) in [6.45, 7) is -1.63. The second kappa shape index (κ2) is 7.98. The quantitative estimate of drug-likeness (QED) is 0.738. The zero-order valence-electron chi connectivity index (χ0n) is 15.5. The molecule has 30 heavy (non-hydrogen) atoms. The molecule has 0 aromatic heterocycles. The number of halogens is 3. The van der Waals surface area contributed by atoms with Crippen LogP contribution in [0.4, 0.5) is 18.9 Å². The fraction of sp³-hybridized carbons (Fsp3) is 0.263. The van der Waals surface area contributed by atoms with Gasteiger partial charge in [-0.3, -0.25) is 13.9 Å². The third kappa shape index (κ3) is 4.56. The average Bonchev–Trinajstić information content (AvgIpc) is 2.70. The Bertz CT molecular complexity index is 1070. The van der Waals surface area contributed by atoms with Gasteiger partial charge in [-0.15, -0.1) is 0 Å². The van der Waals surface area contributed by atoms with E-state index in [9.17, 15) is 31.2 Å². The molecule has 0 radical (unpaired) electrons. The van der Waals surface area contributed by atoms with Gasteiger partial charge in [0.1, 0.15) is 6.54 Å². The highest BCUT2D eigenvalue weighted by atomic mass is 32.2. The number of anilines is 1. The number of sulfonamides is 1. The van der Waals surface area contributed by atoms with Crippen LogP contribution in [0.3, 0.4) is 0 Å². The highest BCUT2D eigenvalue weighted by molar-refractivity contribution is 7.92. The lowest BCUT2D eigenvalue weighted by atomic mass is 9.93. The third-order valence-electron chi connectivity index (χ3n) is 4.67. The number of nitrogens with zero attached hydrogens (tertiary/aromatic N) is 1. The number of amides is 2. The normalized spacial score (nSPS) is 16.6. The van der Waals surface area contributed by atoms with Gasteiger partial charge in [-0.25, -0.2) is 8.42 Å². The highest BCUT2D eigenvalue weighted by Gasteiger charge is 2.35. The van der Waals surface area contributed by atoms with Gasteiger partial charge >= 0.3 is 6.18 Å². The van der Waals surface area contributed by atoms with E-state index in [4.69, 9.17) is 5.73 Å². The van der Waals surface area contributed by atoms with Crippen LogP contribution in [0.1, 0.15) is 15.9 Å². The lowest BCUT2D eigenvalue weighted by Crippen LogP contribution is -2.44. The third-order valence-corrected chi connectivity index (χ3v) is 6.46. The molecule has 2 aromatic rings. The van der Waals surface area contributed by atoms with Crippen molar-refractivity contribution in [1.82, 2.24) is 5.32 Å². The van der Waals surface area contributed by atoms with Gasteiger partial charge in [0.2, 0.25) is 5.91 Å². The van der Waals surface area contributed by atoms with E-state index < -0.39 is 40.5 Å². The molecule has 3 N–H and O–H groups in total. The smallest absolute Gasteiger partial charge is 0.369 e. The summed E-state index contributed by atoms with van der Waals surface area (Å²) in [5.41, 5.74) is 6.35. The molecular formula is C19H18F3N3O4S. The van der Waals surface area contributed by atoms with Gasteiger partial charge in [0.05, 0.1) is 16.5 Å². The number of primary amides is 1. The number of nitrogens with two attached hydrogens (primary N) is 1. The Morgan fingerprint density at radius 3 is 2.33 bits per heavy atom. The van der Waals surface area contributed by atoms with Crippen molar-refractivity contribution in [3.8, 4) is 0 Å². The molecule has 0 saturated heterocycles. The van der Waals surface area contributed by atoms with Crippen molar-refractivity contribution < 1.29 is 31.2 Å². The Morgan fingerprint density at radius 2 is 1.73 bits per heavy atom. The first-order valence-electron chi connectivity index (χ1n) is 8.84. The van der Waals surface area contributed by atoms with Gasteiger partial charge in [-0.05, 0) is 42.3 Å². The highest BCUT2D eigenvalue weighted by Crippen LogP contribution is 2.34. The molecule has 0 spiro atoms. The summed E-state index contributed by atoms with van der Waals surface area (Å²) >= 11 is 0. The van der Waals surface area contributed by atoms with Crippen LogP contribution in [-0.4, -0.2) is 39.5 Å². The molecule has 1 atom stereocenters. The van der Waals surface area contributed by atoms with E-state index in [1.54, 1.807) is 29.6 Å². The van der Waals surface area contributed by atoms with Crippen LogP contribution >= 0.6 is 0 Å². The zero-order chi connectivity index (χ0) is 22.1. The molecule has 0 saturated carbocycles. The number of hydrogen-bond acceptors (Lipinski definition) is 4. The van der Waals surface area contributed by atoms with Crippen molar-refractivity contribution in [3.05, 3.63) is 59.7 Å². The summed E-state index contributed by atoms with van der Waals surface area (Å²) in [5.74, 6) is -2.31. The molecule has 0 fully saturated rings. The van der Waals surface area contributed by atoms with Gasteiger partial charge in [0.25, 0.3) is 15.9 Å². The lowest BCUT2D eigenvalue weighted by Gasteiger charge is -2.34. The van der Waals surface area contributed by atoms with Crippen molar-refractivity contribution >= 4 is 27.5 Å². The number of alkyl halides is 3. The van der Waals surface area contributed by atoms with Gasteiger partial charge in [0, 0.05) is 12.1 Å². The van der Waals surface area contributed by atoms with E-state index in [1.165, 1.54) is 0 Å². The number of carbonyl (C=O) groups excluding carboxylic acids is 2. The minimum absolute atomic E-state index is 0.118. The van der Waals surface area contributed by atoms with Crippen LogP contribution in [0.2, 0.25) is 0 Å². The van der Waals surface area contributed by atoms with Crippen LogP contribution in [0.15, 0.2) is 53.4 Å². The number of para-hydroxylation sites is 1. The Kier molecular flexibility index (Phi) is 5.75. The maximum Gasteiger partial charge on any atom is 0.405 e. The maximum atomic E-state index is 13.2. The molecule has 2 amide bonds. The van der Waals surface area contributed by atoms with E-state index >= 15 is 0 Å². The minimum atomic E-state index is -4.56. The summed E-state index contributed by atoms with van der Waals surface area (Å²) in [6.07, 6.45) is -4.24. The number of fused-ring (bicyclic) bond motifs is 1. The van der Waals surface area contributed by atoms with E-state index in [0.717, 1.165) is 28.6 Å². The topological polar surface area (TPSA) is 110 Å². The molecule has 7 nitrogen and oxygen atoms in total. The zero-order valence-corrected chi connectivity index (χ0v) is 16.3. The summed E-state index contributed by atoms with van der Waals surface area (Å²) in [4.78, 5) is 23.3. The molecule has 3 rings (SSSR count). The second-order valence-corrected chi connectivity index (χ2v) is 8.65. The fourth-order valence-corrected chi connectivity index (χ4v) is 4.71. The van der Waals surface area contributed by atoms with Gasteiger partial charge in [-0.1, -0.05) is 18.2 Å². The first-order chi connectivity index (χ1) is 14.0. The molecule has 1 aliphatic rings. The van der Waals surface area contributed by atoms with Crippen molar-refractivity contribution in [3.63, 3.8) is 0 Å². The Hall–Kier alpha value is -3.08. The van der Waals surface area contributed by atoms with Crippen LogP contribution in [0.25, 0.3) is 0 Å². The summed E-state index contributed by atoms with van der Waals surface area (Å²) in [6, 6.07) is 11.2. The van der Waals surface area contributed by atoms with Crippen LogP contribution < -0.4 is 15.4 Å². The number of hydrogen-bond donors (Lipinski definition) is 2. The minimum Gasteiger partial charge on any atom is -0.369 e. The summed E-state index contributed by atoms with van der Waals surface area (Å²) in [7, 11) is -4.11. The van der Waals surface area contributed by atoms with Gasteiger partial charge in [0.15, 0.2) is 0 Å². The van der Waals surface area contributed by atoms with Crippen LogP contribution in [-0.2, 0) is 21.2 Å². The second-order valence-electron chi connectivity index (χ2n) is 6.79. The monoisotopic (exact) mass is 441 g/mol. The van der Waals surface area contributed by atoms with Crippen LogP contribution in [0.5, 0.6) is 0 Å². The number of carbonyl (C=O) groups is 2. The van der Waals surface area contributed by atoms with E-state index in [0.29, 0.717) is 17.7 Å². The molecule has 1 unspecified atom stereocenters. The predicted octanol–water partition coefficient (Wildman–Crippen LogP) is 1.83. The van der Waals surface area contributed by atoms with Crippen molar-refractivity contribution in [1.29, 1.82) is 0 Å². The molecule has 11 heteroatoms. The number of benzene rings is 2. The first kappa shape index (κ1) is 21.6. The number of rotatable bonds is 5. The van der Waals surface area contributed by atoms with E-state index in [2.05, 4.69) is 0 Å². The summed E-state index contributed by atoms with van der Waals surface area (Å²) < 4.78 is 64.2. The van der Waals surface area contributed by atoms with Gasteiger partial charge < -0.3 is 11.1 Å². The SMILES string of the molecule is NC(=O)C1Cc2ccccc2N(S(=O)(=O)c2ccc(C(=O)NCC(F)(F)F)cc2)C1.